The highest BCUT2D eigenvalue weighted by atomic mass is 16.3. The third kappa shape index (κ3) is 18.6. The van der Waals surface area contributed by atoms with E-state index in [1.54, 1.807) is 72.8 Å². The zero-order valence-corrected chi connectivity index (χ0v) is 32.1. The standard InChI is InChI=1S/2C14H22.3C6H6O/c2*1-13(2,3)11-7-9-12(10-8-11)14(4,5)6;3*7-6-4-2-1-3-5-6/h2*7-10H,1-6H3;3*1-5,7H. The van der Waals surface area contributed by atoms with Crippen LogP contribution < -0.4 is 0 Å². The Balaban J connectivity index is 0.000000318. The summed E-state index contributed by atoms with van der Waals surface area (Å²) >= 11 is 0. The summed E-state index contributed by atoms with van der Waals surface area (Å²) in [6.07, 6.45) is 0. The lowest BCUT2D eigenvalue weighted by Gasteiger charge is -2.23. The predicted molar refractivity (Wildman–Crippen MR) is 212 cm³/mol. The topological polar surface area (TPSA) is 60.7 Å². The summed E-state index contributed by atoms with van der Waals surface area (Å²) in [5, 5.41) is 25.9. The van der Waals surface area contributed by atoms with Crippen LogP contribution in [0.4, 0.5) is 0 Å². The molecule has 0 spiro atoms. The highest BCUT2D eigenvalue weighted by Gasteiger charge is 2.18. The van der Waals surface area contributed by atoms with Gasteiger partial charge in [-0.3, -0.25) is 0 Å². The van der Waals surface area contributed by atoms with Crippen molar-refractivity contribution < 1.29 is 15.3 Å². The van der Waals surface area contributed by atoms with Gasteiger partial charge in [-0.1, -0.05) is 186 Å². The fourth-order valence-corrected chi connectivity index (χ4v) is 4.22. The third-order valence-electron chi connectivity index (χ3n) is 7.50. The molecule has 5 rings (SSSR count). The highest BCUT2D eigenvalue weighted by molar-refractivity contribution is 5.32. The van der Waals surface area contributed by atoms with Crippen LogP contribution >= 0.6 is 0 Å². The lowest BCUT2D eigenvalue weighted by molar-refractivity contribution is 0.475. The zero-order chi connectivity index (χ0) is 37.3. The smallest absolute Gasteiger partial charge is 0.115 e. The molecule has 49 heavy (non-hydrogen) atoms. The molecule has 0 radical (unpaired) electrons. The van der Waals surface area contributed by atoms with Crippen LogP contribution in [-0.4, -0.2) is 15.3 Å². The Labute approximate surface area is 298 Å². The van der Waals surface area contributed by atoms with Gasteiger partial charge in [-0.05, 0) is 80.3 Å². The van der Waals surface area contributed by atoms with E-state index >= 15 is 0 Å². The maximum Gasteiger partial charge on any atom is 0.115 e. The molecule has 0 aliphatic rings. The van der Waals surface area contributed by atoms with Gasteiger partial charge < -0.3 is 15.3 Å². The molecular weight excluding hydrogens is 601 g/mol. The minimum absolute atomic E-state index is 0.260. The van der Waals surface area contributed by atoms with Gasteiger partial charge >= 0.3 is 0 Å². The van der Waals surface area contributed by atoms with E-state index < -0.39 is 0 Å². The highest BCUT2D eigenvalue weighted by Crippen LogP contribution is 2.28. The van der Waals surface area contributed by atoms with Gasteiger partial charge in [-0.15, -0.1) is 0 Å². The monoisotopic (exact) mass is 662 g/mol. The molecule has 5 aromatic rings. The summed E-state index contributed by atoms with van der Waals surface area (Å²) in [5.74, 6) is 0.965. The number of hydrogen-bond donors (Lipinski definition) is 3. The minimum atomic E-state index is 0.260. The van der Waals surface area contributed by atoms with Crippen molar-refractivity contribution in [2.45, 2.75) is 105 Å². The molecule has 0 aliphatic carbocycles. The number of hydrogen-bond acceptors (Lipinski definition) is 3. The molecule has 264 valence electrons. The molecular formula is C46H62O3. The van der Waals surface area contributed by atoms with Crippen molar-refractivity contribution in [3.8, 4) is 17.2 Å². The largest absolute Gasteiger partial charge is 0.508 e. The maximum absolute atomic E-state index is 8.63. The average Bonchev–Trinajstić information content (AvgIpc) is 3.02. The van der Waals surface area contributed by atoms with Crippen molar-refractivity contribution in [1.82, 2.24) is 0 Å². The van der Waals surface area contributed by atoms with E-state index in [4.69, 9.17) is 15.3 Å². The van der Waals surface area contributed by atoms with Crippen LogP contribution in [0.3, 0.4) is 0 Å². The molecule has 5 aromatic carbocycles. The molecule has 3 heteroatoms. The molecule has 3 N–H and O–H groups in total. The fourth-order valence-electron chi connectivity index (χ4n) is 4.22. The molecule has 0 saturated heterocycles. The molecule has 0 saturated carbocycles. The van der Waals surface area contributed by atoms with Gasteiger partial charge in [0, 0.05) is 0 Å². The molecule has 0 amide bonds. The summed E-state index contributed by atoms with van der Waals surface area (Å²) in [6.45, 7) is 27.0. The Hall–Kier alpha value is -4.50. The summed E-state index contributed by atoms with van der Waals surface area (Å²) in [6, 6.07) is 44.1. The second-order valence-corrected chi connectivity index (χ2v) is 16.2. The normalized spacial score (nSPS) is 11.1. The quantitative estimate of drug-likeness (QED) is 0.155. The van der Waals surface area contributed by atoms with Crippen molar-refractivity contribution >= 4 is 0 Å². The molecule has 0 aromatic heterocycles. The first-order chi connectivity index (χ1) is 22.6. The van der Waals surface area contributed by atoms with E-state index in [0.29, 0.717) is 17.2 Å². The molecule has 3 nitrogen and oxygen atoms in total. The summed E-state index contributed by atoms with van der Waals surface area (Å²) in [4.78, 5) is 0. The van der Waals surface area contributed by atoms with Gasteiger partial charge in [0.25, 0.3) is 0 Å². The van der Waals surface area contributed by atoms with Crippen molar-refractivity contribution in [1.29, 1.82) is 0 Å². The first-order valence-corrected chi connectivity index (χ1v) is 17.0. The van der Waals surface area contributed by atoms with E-state index in [2.05, 4.69) is 132 Å². The van der Waals surface area contributed by atoms with Gasteiger partial charge in [0.15, 0.2) is 0 Å². The van der Waals surface area contributed by atoms with Gasteiger partial charge in [0.1, 0.15) is 17.2 Å². The molecule has 0 bridgehead atoms. The first-order valence-electron chi connectivity index (χ1n) is 17.0. The summed E-state index contributed by atoms with van der Waals surface area (Å²) in [5.41, 5.74) is 6.67. The van der Waals surface area contributed by atoms with Crippen LogP contribution in [0, 0.1) is 0 Å². The Morgan fingerprint density at radius 1 is 0.245 bits per heavy atom. The number of para-hydroxylation sites is 3. The van der Waals surface area contributed by atoms with Crippen molar-refractivity contribution in [2.24, 2.45) is 0 Å². The third-order valence-corrected chi connectivity index (χ3v) is 7.50. The van der Waals surface area contributed by atoms with Crippen LogP contribution in [0.25, 0.3) is 0 Å². The summed E-state index contributed by atoms with van der Waals surface area (Å²) < 4.78 is 0. The number of rotatable bonds is 0. The molecule has 0 heterocycles. The lowest BCUT2D eigenvalue weighted by Crippen LogP contribution is -2.14. The van der Waals surface area contributed by atoms with E-state index in [1.807, 2.05) is 18.2 Å². The van der Waals surface area contributed by atoms with Gasteiger partial charge in [-0.2, -0.15) is 0 Å². The van der Waals surface area contributed by atoms with Crippen LogP contribution in [0.2, 0.25) is 0 Å². The maximum atomic E-state index is 8.63. The van der Waals surface area contributed by atoms with Crippen LogP contribution in [0.1, 0.15) is 105 Å². The number of aromatic hydroxyl groups is 3. The molecule has 0 atom stereocenters. The Kier molecular flexibility index (Phi) is 16.9. The molecule has 0 aliphatic heterocycles. The van der Waals surface area contributed by atoms with Gasteiger partial charge in [-0.25, -0.2) is 0 Å². The van der Waals surface area contributed by atoms with Crippen molar-refractivity contribution in [2.75, 3.05) is 0 Å². The number of benzene rings is 5. The second-order valence-electron chi connectivity index (χ2n) is 16.2. The lowest BCUT2D eigenvalue weighted by atomic mass is 9.82. The fraction of sp³-hybridized carbons (Fsp3) is 0.348. The first kappa shape index (κ1) is 42.5. The van der Waals surface area contributed by atoms with E-state index in [0.717, 1.165) is 0 Å². The Morgan fingerprint density at radius 2 is 0.388 bits per heavy atom. The summed E-state index contributed by atoms with van der Waals surface area (Å²) in [7, 11) is 0. The Bertz CT molecular complexity index is 1320. The minimum Gasteiger partial charge on any atom is -0.508 e. The number of phenolic OH excluding ortho intramolecular Hbond substituents is 3. The zero-order valence-electron chi connectivity index (χ0n) is 32.1. The van der Waals surface area contributed by atoms with E-state index in [1.165, 1.54) is 22.3 Å². The van der Waals surface area contributed by atoms with Gasteiger partial charge in [0.2, 0.25) is 0 Å². The SMILES string of the molecule is CC(C)(C)c1ccc(C(C)(C)C)cc1.CC(C)(C)c1ccc(C(C)(C)C)cc1.Oc1ccccc1.Oc1ccccc1.Oc1ccccc1. The average molecular weight is 663 g/mol. The number of phenols is 3. The van der Waals surface area contributed by atoms with E-state index in [-0.39, 0.29) is 21.7 Å². The van der Waals surface area contributed by atoms with Crippen LogP contribution in [0.15, 0.2) is 140 Å². The van der Waals surface area contributed by atoms with Crippen LogP contribution in [0.5, 0.6) is 17.2 Å². The Morgan fingerprint density at radius 3 is 0.469 bits per heavy atom. The second kappa shape index (κ2) is 19.5. The molecule has 0 unspecified atom stereocenters. The van der Waals surface area contributed by atoms with Gasteiger partial charge in [0.05, 0.1) is 0 Å². The predicted octanol–water partition coefficient (Wildman–Crippen LogP) is 12.7. The van der Waals surface area contributed by atoms with Crippen molar-refractivity contribution in [3.63, 3.8) is 0 Å². The molecule has 0 fully saturated rings. The van der Waals surface area contributed by atoms with Crippen LogP contribution in [-0.2, 0) is 21.7 Å². The van der Waals surface area contributed by atoms with E-state index in [9.17, 15) is 0 Å². The van der Waals surface area contributed by atoms with Crippen molar-refractivity contribution in [3.05, 3.63) is 162 Å².